The molecule has 0 bridgehead atoms. The van der Waals surface area contributed by atoms with E-state index >= 15 is 0 Å². The number of allylic oxidation sites excluding steroid dienone is 1. The number of fused-ring (bicyclic) bond motifs is 5. The van der Waals surface area contributed by atoms with Crippen molar-refractivity contribution in [2.24, 2.45) is 17.8 Å². The van der Waals surface area contributed by atoms with Crippen LogP contribution >= 0.6 is 0 Å². The molecule has 59 heavy (non-hydrogen) atoms. The third-order valence-corrected chi connectivity index (χ3v) is 14.7. The van der Waals surface area contributed by atoms with Crippen molar-refractivity contribution in [3.8, 4) is 11.6 Å². The van der Waals surface area contributed by atoms with Crippen LogP contribution in [0.4, 0.5) is 18.0 Å². The lowest BCUT2D eigenvalue weighted by Crippen LogP contribution is -2.59. The van der Waals surface area contributed by atoms with Gasteiger partial charge in [-0.05, 0) is 90.0 Å². The van der Waals surface area contributed by atoms with Crippen LogP contribution in [-0.2, 0) is 35.6 Å². The monoisotopic (exact) mass is 847 g/mol. The Hall–Kier alpha value is -4.61. The van der Waals surface area contributed by atoms with Gasteiger partial charge in [0.25, 0.3) is 5.91 Å². The van der Waals surface area contributed by atoms with Crippen LogP contribution in [0.3, 0.4) is 0 Å². The van der Waals surface area contributed by atoms with Gasteiger partial charge < -0.3 is 29.7 Å². The molecule has 322 valence electrons. The van der Waals surface area contributed by atoms with Crippen LogP contribution in [0, 0.1) is 17.8 Å². The van der Waals surface area contributed by atoms with E-state index in [2.05, 4.69) is 15.4 Å². The quantitative estimate of drug-likeness (QED) is 0.312. The van der Waals surface area contributed by atoms with E-state index in [9.17, 15) is 40.8 Å². The average molecular weight is 848 g/mol. The van der Waals surface area contributed by atoms with Gasteiger partial charge in [0.1, 0.15) is 29.5 Å². The number of amides is 4. The number of alkyl carbamates (subject to hydrolysis) is 1. The second-order valence-corrected chi connectivity index (χ2v) is 19.9. The number of aryl methyl sites for hydroxylation is 1. The van der Waals surface area contributed by atoms with Crippen molar-refractivity contribution in [2.75, 3.05) is 13.2 Å². The molecule has 5 aliphatic rings. The van der Waals surface area contributed by atoms with Crippen molar-refractivity contribution >= 4 is 44.6 Å². The molecule has 2 saturated carbocycles. The molecular formula is C41H52F3N5O9S. The van der Waals surface area contributed by atoms with E-state index in [1.165, 1.54) is 4.90 Å². The molecule has 14 nitrogen and oxygen atoms in total. The van der Waals surface area contributed by atoms with Crippen molar-refractivity contribution < 1.29 is 55.0 Å². The van der Waals surface area contributed by atoms with Crippen molar-refractivity contribution in [1.82, 2.24) is 25.2 Å². The van der Waals surface area contributed by atoms with E-state index in [0.717, 1.165) is 11.8 Å². The van der Waals surface area contributed by atoms with Gasteiger partial charge in [-0.15, -0.1) is 0 Å². The summed E-state index contributed by atoms with van der Waals surface area (Å²) in [5, 5.41) is 6.63. The highest BCUT2D eigenvalue weighted by Gasteiger charge is 2.63. The van der Waals surface area contributed by atoms with E-state index in [1.807, 2.05) is 37.3 Å². The summed E-state index contributed by atoms with van der Waals surface area (Å²) in [6.07, 6.45) is 0.126. The summed E-state index contributed by atoms with van der Waals surface area (Å²) in [4.78, 5) is 62.6. The van der Waals surface area contributed by atoms with E-state index in [1.54, 1.807) is 19.9 Å². The number of carbonyl (C=O) groups excluding carboxylic acids is 4. The van der Waals surface area contributed by atoms with Crippen LogP contribution in [0.5, 0.6) is 11.6 Å². The predicted molar refractivity (Wildman–Crippen MR) is 209 cm³/mol. The molecule has 3 aliphatic heterocycles. The maximum Gasteiger partial charge on any atom is 0.427 e. The summed E-state index contributed by atoms with van der Waals surface area (Å²) in [7, 11) is -4.08. The number of pyridine rings is 1. The summed E-state index contributed by atoms with van der Waals surface area (Å²) in [5.41, 5.74) is -3.83. The molecule has 2 aliphatic carbocycles. The van der Waals surface area contributed by atoms with E-state index in [-0.39, 0.29) is 31.2 Å². The number of carbonyl (C=O) groups is 4. The Morgan fingerprint density at radius 1 is 1.08 bits per heavy atom. The molecular weight excluding hydrogens is 796 g/mol. The van der Waals surface area contributed by atoms with Gasteiger partial charge in [0, 0.05) is 23.1 Å². The zero-order chi connectivity index (χ0) is 42.7. The molecule has 1 aromatic heterocycles. The molecule has 7 rings (SSSR count). The maximum absolute atomic E-state index is 14.8. The van der Waals surface area contributed by atoms with Crippen LogP contribution in [0.15, 0.2) is 36.4 Å². The fourth-order valence-electron chi connectivity index (χ4n) is 8.29. The normalized spacial score (nSPS) is 30.2. The maximum atomic E-state index is 14.8. The highest BCUT2D eigenvalue weighted by molar-refractivity contribution is 7.91. The molecule has 1 unspecified atom stereocenters. The summed E-state index contributed by atoms with van der Waals surface area (Å²) < 4.78 is 86.2. The Kier molecular flexibility index (Phi) is 11.1. The molecule has 0 spiro atoms. The SMILES string of the molecule is C[C@H]1CC/C=C\C2C[C@@]2(C(=O)NS(=O)(=O)C2(C)CC2)NC(=O)[C@@H]2C[C@@H](Oc3nc4c(c5ccccc35)OCCC4)CN2C(=O)[C@@H](NC(=O)OC(C)(C)C(F)(F)F)[C@H](C)C1. The highest BCUT2D eigenvalue weighted by atomic mass is 32.2. The number of hydrogen-bond acceptors (Lipinski definition) is 10. The van der Waals surface area contributed by atoms with E-state index < -0.39 is 85.9 Å². The Morgan fingerprint density at radius 2 is 1.80 bits per heavy atom. The fourth-order valence-corrected chi connectivity index (χ4v) is 9.60. The summed E-state index contributed by atoms with van der Waals surface area (Å²) in [6, 6.07) is 4.63. The van der Waals surface area contributed by atoms with Crippen molar-refractivity contribution in [2.45, 2.75) is 133 Å². The first-order valence-electron chi connectivity index (χ1n) is 20.3. The number of alkyl halides is 3. The number of nitrogens with one attached hydrogen (secondary N) is 3. The van der Waals surface area contributed by atoms with Gasteiger partial charge in [0.15, 0.2) is 0 Å². The number of aromatic nitrogens is 1. The minimum Gasteiger partial charge on any atom is -0.491 e. The zero-order valence-electron chi connectivity index (χ0n) is 33.8. The van der Waals surface area contributed by atoms with Gasteiger partial charge in [-0.2, -0.15) is 13.2 Å². The minimum absolute atomic E-state index is 0.0336. The van der Waals surface area contributed by atoms with Crippen molar-refractivity contribution in [1.29, 1.82) is 0 Å². The number of hydrogen-bond donors (Lipinski definition) is 3. The van der Waals surface area contributed by atoms with Gasteiger partial charge >= 0.3 is 12.3 Å². The van der Waals surface area contributed by atoms with Gasteiger partial charge in [-0.1, -0.05) is 44.2 Å². The lowest BCUT2D eigenvalue weighted by molar-refractivity contribution is -0.244. The van der Waals surface area contributed by atoms with E-state index in [0.29, 0.717) is 75.8 Å². The lowest BCUT2D eigenvalue weighted by Gasteiger charge is -2.34. The average Bonchev–Trinajstić information content (AvgIpc) is 4.04. The van der Waals surface area contributed by atoms with E-state index in [4.69, 9.17) is 19.2 Å². The number of halogens is 3. The molecule has 3 N–H and O–H groups in total. The smallest absolute Gasteiger partial charge is 0.427 e. The number of rotatable bonds is 7. The topological polar surface area (TPSA) is 182 Å². The third kappa shape index (κ3) is 8.42. The molecule has 18 heteroatoms. The third-order valence-electron chi connectivity index (χ3n) is 12.5. The molecule has 3 fully saturated rings. The summed E-state index contributed by atoms with van der Waals surface area (Å²) >= 11 is 0. The second-order valence-electron chi connectivity index (χ2n) is 17.7. The van der Waals surface area contributed by atoms with Crippen molar-refractivity contribution in [3.05, 3.63) is 42.1 Å². The highest BCUT2D eigenvalue weighted by Crippen LogP contribution is 2.48. The second kappa shape index (κ2) is 15.4. The predicted octanol–water partition coefficient (Wildman–Crippen LogP) is 5.23. The number of ether oxygens (including phenoxy) is 3. The first-order chi connectivity index (χ1) is 27.6. The number of benzene rings is 1. The molecule has 2 aromatic rings. The van der Waals surface area contributed by atoms with Crippen LogP contribution in [-0.4, -0.2) is 95.5 Å². The zero-order valence-corrected chi connectivity index (χ0v) is 34.6. The van der Waals surface area contributed by atoms with Crippen LogP contribution in [0.25, 0.3) is 10.8 Å². The lowest BCUT2D eigenvalue weighted by atomic mass is 9.88. The standard InChI is InChI=1S/C41H52F3N5O9S/c1-23-11-6-7-12-25-21-40(25,36(52)48-59(54,55)39(5)16-17-39)47-33(50)30-20-26(57-34-28-14-9-8-13-27(28)32-29(45-34)15-10-18-56-32)22-49(30)35(51)31(24(2)19-23)46-37(53)58-38(3,4)41(42,43)44/h7-9,12-14,23-26,30-31H,6,10-11,15-22H2,1-5H3,(H,46,53)(H,47,50)(H,48,52)/b12-7-/t23-,24+,25?,26+,30-,31-,40+/m0/s1. The van der Waals surface area contributed by atoms with Gasteiger partial charge in [0.05, 0.1) is 23.6 Å². The van der Waals surface area contributed by atoms with Gasteiger partial charge in [-0.3, -0.25) is 19.1 Å². The van der Waals surface area contributed by atoms with Crippen LogP contribution in [0.1, 0.15) is 91.7 Å². The molecule has 7 atom stereocenters. The van der Waals surface area contributed by atoms with Gasteiger partial charge in [0.2, 0.25) is 33.3 Å². The summed E-state index contributed by atoms with van der Waals surface area (Å²) in [5.74, 6) is -2.72. The molecule has 4 amide bonds. The molecule has 0 radical (unpaired) electrons. The minimum atomic E-state index is -4.91. The first kappa shape index (κ1) is 42.5. The fraction of sp³-hybridized carbons (Fsp3) is 0.634. The Morgan fingerprint density at radius 3 is 2.49 bits per heavy atom. The van der Waals surface area contributed by atoms with Crippen molar-refractivity contribution in [3.63, 3.8) is 0 Å². The number of sulfonamides is 1. The Bertz CT molecular complexity index is 2160. The first-order valence-corrected chi connectivity index (χ1v) is 21.8. The molecule has 4 heterocycles. The molecule has 1 aromatic carbocycles. The molecule has 1 saturated heterocycles. The van der Waals surface area contributed by atoms with Gasteiger partial charge in [-0.25, -0.2) is 18.2 Å². The van der Waals surface area contributed by atoms with Crippen LogP contribution in [0.2, 0.25) is 0 Å². The van der Waals surface area contributed by atoms with Crippen LogP contribution < -0.4 is 24.8 Å². The Balaban J connectivity index is 1.24. The Labute approximate surface area is 341 Å². The number of nitrogens with zero attached hydrogens (tertiary/aromatic N) is 2. The largest absolute Gasteiger partial charge is 0.491 e. The summed E-state index contributed by atoms with van der Waals surface area (Å²) in [6.45, 7) is 6.92.